The molecule has 0 amide bonds. The number of nitro groups is 1. The number of hydrogen-bond donors (Lipinski definition) is 1. The molecular weight excluding hydrogens is 259 g/mol. The molecule has 0 bridgehead atoms. The SMILES string of the molecule is CCCNC(CC)C(C)Cc1cc(F)cc([N+](=O)[O-])c1. The molecule has 1 aromatic rings. The van der Waals surface area contributed by atoms with Crippen LogP contribution in [0.2, 0.25) is 0 Å². The predicted molar refractivity (Wildman–Crippen MR) is 78.3 cm³/mol. The molecule has 0 saturated heterocycles. The van der Waals surface area contributed by atoms with Crippen molar-refractivity contribution >= 4 is 5.69 Å². The van der Waals surface area contributed by atoms with Gasteiger partial charge >= 0.3 is 0 Å². The fraction of sp³-hybridized carbons (Fsp3) is 0.600. The van der Waals surface area contributed by atoms with Crippen LogP contribution in [0.4, 0.5) is 10.1 Å². The monoisotopic (exact) mass is 282 g/mol. The van der Waals surface area contributed by atoms with Gasteiger partial charge in [-0.15, -0.1) is 0 Å². The minimum Gasteiger partial charge on any atom is -0.314 e. The molecule has 5 heteroatoms. The van der Waals surface area contributed by atoms with E-state index in [4.69, 9.17) is 0 Å². The number of rotatable bonds is 8. The van der Waals surface area contributed by atoms with Gasteiger partial charge < -0.3 is 5.32 Å². The van der Waals surface area contributed by atoms with E-state index in [-0.39, 0.29) is 5.69 Å². The van der Waals surface area contributed by atoms with Crippen molar-refractivity contribution in [2.75, 3.05) is 6.54 Å². The molecule has 0 aliphatic heterocycles. The molecule has 0 spiro atoms. The Balaban J connectivity index is 2.78. The predicted octanol–water partition coefficient (Wildman–Crippen LogP) is 3.69. The Bertz CT molecular complexity index is 451. The molecule has 0 saturated carbocycles. The molecule has 1 rings (SSSR count). The molecule has 2 unspecified atom stereocenters. The molecule has 2 atom stereocenters. The smallest absolute Gasteiger partial charge is 0.272 e. The quantitative estimate of drug-likeness (QED) is 0.584. The van der Waals surface area contributed by atoms with Crippen LogP contribution in [0.15, 0.2) is 18.2 Å². The van der Waals surface area contributed by atoms with Crippen molar-refractivity contribution in [1.82, 2.24) is 5.32 Å². The van der Waals surface area contributed by atoms with Gasteiger partial charge in [-0.25, -0.2) is 4.39 Å². The molecule has 0 aliphatic rings. The van der Waals surface area contributed by atoms with Crippen molar-refractivity contribution in [1.29, 1.82) is 0 Å². The van der Waals surface area contributed by atoms with Crippen LogP contribution in [-0.4, -0.2) is 17.5 Å². The molecule has 0 heterocycles. The number of benzene rings is 1. The van der Waals surface area contributed by atoms with Gasteiger partial charge in [0.2, 0.25) is 0 Å². The fourth-order valence-corrected chi connectivity index (χ4v) is 2.45. The molecule has 0 aromatic heterocycles. The Kier molecular flexibility index (Phi) is 6.58. The summed E-state index contributed by atoms with van der Waals surface area (Å²) in [5, 5.41) is 14.2. The maximum Gasteiger partial charge on any atom is 0.272 e. The van der Waals surface area contributed by atoms with E-state index in [0.717, 1.165) is 25.5 Å². The minimum absolute atomic E-state index is 0.179. The standard InChI is InChI=1S/C15H23FN2O2/c1-4-6-17-15(5-2)11(3)7-12-8-13(16)10-14(9-12)18(19)20/h8-11,15,17H,4-7H2,1-3H3. The molecule has 20 heavy (non-hydrogen) atoms. The highest BCUT2D eigenvalue weighted by atomic mass is 19.1. The maximum atomic E-state index is 13.4. The third kappa shape index (κ3) is 4.89. The largest absolute Gasteiger partial charge is 0.314 e. The van der Waals surface area contributed by atoms with E-state index >= 15 is 0 Å². The van der Waals surface area contributed by atoms with E-state index in [9.17, 15) is 14.5 Å². The van der Waals surface area contributed by atoms with E-state index in [2.05, 4.69) is 26.1 Å². The maximum absolute atomic E-state index is 13.4. The molecular formula is C15H23FN2O2. The lowest BCUT2D eigenvalue weighted by atomic mass is 9.92. The van der Waals surface area contributed by atoms with Crippen LogP contribution < -0.4 is 5.32 Å². The summed E-state index contributed by atoms with van der Waals surface area (Å²) < 4.78 is 13.4. The summed E-state index contributed by atoms with van der Waals surface area (Å²) in [6.45, 7) is 7.26. The third-order valence-electron chi connectivity index (χ3n) is 3.49. The lowest BCUT2D eigenvalue weighted by Crippen LogP contribution is -2.35. The fourth-order valence-electron chi connectivity index (χ4n) is 2.45. The Labute approximate surface area is 119 Å². The second-order valence-corrected chi connectivity index (χ2v) is 5.23. The molecule has 0 fully saturated rings. The van der Waals surface area contributed by atoms with Gasteiger partial charge in [0.1, 0.15) is 5.82 Å². The number of nitro benzene ring substituents is 1. The summed E-state index contributed by atoms with van der Waals surface area (Å²) in [5.41, 5.74) is 0.503. The van der Waals surface area contributed by atoms with Gasteiger partial charge in [-0.1, -0.05) is 20.8 Å². The molecule has 1 aromatic carbocycles. The van der Waals surface area contributed by atoms with Crippen molar-refractivity contribution in [3.8, 4) is 0 Å². The summed E-state index contributed by atoms with van der Waals surface area (Å²) in [6.07, 6.45) is 2.68. The van der Waals surface area contributed by atoms with Crippen molar-refractivity contribution in [3.05, 3.63) is 39.7 Å². The topological polar surface area (TPSA) is 55.2 Å². The summed E-state index contributed by atoms with van der Waals surface area (Å²) >= 11 is 0. The zero-order valence-corrected chi connectivity index (χ0v) is 12.4. The lowest BCUT2D eigenvalue weighted by Gasteiger charge is -2.24. The third-order valence-corrected chi connectivity index (χ3v) is 3.49. The Morgan fingerprint density at radius 3 is 2.60 bits per heavy atom. The highest BCUT2D eigenvalue weighted by Gasteiger charge is 2.17. The molecule has 0 radical (unpaired) electrons. The normalized spacial score (nSPS) is 14.0. The van der Waals surface area contributed by atoms with E-state index in [0.29, 0.717) is 23.9 Å². The lowest BCUT2D eigenvalue weighted by molar-refractivity contribution is -0.385. The van der Waals surface area contributed by atoms with E-state index in [1.807, 2.05) is 0 Å². The summed E-state index contributed by atoms with van der Waals surface area (Å²) in [4.78, 5) is 10.2. The average molecular weight is 282 g/mol. The zero-order chi connectivity index (χ0) is 15.1. The molecule has 4 nitrogen and oxygen atoms in total. The van der Waals surface area contributed by atoms with Gasteiger partial charge in [0.25, 0.3) is 5.69 Å². The number of nitrogens with one attached hydrogen (secondary N) is 1. The van der Waals surface area contributed by atoms with Crippen molar-refractivity contribution in [2.45, 2.75) is 46.1 Å². The second kappa shape index (κ2) is 7.94. The van der Waals surface area contributed by atoms with Crippen molar-refractivity contribution in [2.24, 2.45) is 5.92 Å². The first-order valence-electron chi connectivity index (χ1n) is 7.15. The summed E-state index contributed by atoms with van der Waals surface area (Å²) in [5.74, 6) is -0.246. The van der Waals surface area contributed by atoms with Gasteiger partial charge in [0.15, 0.2) is 0 Å². The van der Waals surface area contributed by atoms with Gasteiger partial charge in [0.05, 0.1) is 11.0 Å². The first-order chi connectivity index (χ1) is 9.47. The van der Waals surface area contributed by atoms with Crippen LogP contribution in [0.1, 0.15) is 39.2 Å². The summed E-state index contributed by atoms with van der Waals surface area (Å²) in [7, 11) is 0. The molecule has 112 valence electrons. The highest BCUT2D eigenvalue weighted by molar-refractivity contribution is 5.35. The first-order valence-corrected chi connectivity index (χ1v) is 7.15. The van der Waals surface area contributed by atoms with Crippen LogP contribution in [0.25, 0.3) is 0 Å². The van der Waals surface area contributed by atoms with Gasteiger partial charge in [0, 0.05) is 12.1 Å². The van der Waals surface area contributed by atoms with Gasteiger partial charge in [-0.05, 0) is 43.4 Å². The first kappa shape index (κ1) is 16.6. The van der Waals surface area contributed by atoms with E-state index < -0.39 is 10.7 Å². The number of nitrogens with zero attached hydrogens (tertiary/aromatic N) is 1. The molecule has 1 N–H and O–H groups in total. The van der Waals surface area contributed by atoms with Crippen LogP contribution in [0.5, 0.6) is 0 Å². The Morgan fingerprint density at radius 1 is 1.35 bits per heavy atom. The minimum atomic E-state index is -0.552. The Morgan fingerprint density at radius 2 is 2.05 bits per heavy atom. The number of non-ortho nitro benzene ring substituents is 1. The zero-order valence-electron chi connectivity index (χ0n) is 12.4. The average Bonchev–Trinajstić information content (AvgIpc) is 2.38. The summed E-state index contributed by atoms with van der Waals surface area (Å²) in [6, 6.07) is 4.15. The van der Waals surface area contributed by atoms with Crippen molar-refractivity contribution in [3.63, 3.8) is 0 Å². The van der Waals surface area contributed by atoms with Crippen LogP contribution >= 0.6 is 0 Å². The number of hydrogen-bond acceptors (Lipinski definition) is 3. The van der Waals surface area contributed by atoms with Crippen LogP contribution in [-0.2, 0) is 6.42 Å². The van der Waals surface area contributed by atoms with Crippen LogP contribution in [0, 0.1) is 21.8 Å². The second-order valence-electron chi connectivity index (χ2n) is 5.23. The Hall–Kier alpha value is -1.49. The van der Waals surface area contributed by atoms with Gasteiger partial charge in [-0.2, -0.15) is 0 Å². The number of halogens is 1. The van der Waals surface area contributed by atoms with Crippen molar-refractivity contribution < 1.29 is 9.31 Å². The van der Waals surface area contributed by atoms with Gasteiger partial charge in [-0.3, -0.25) is 10.1 Å². The van der Waals surface area contributed by atoms with E-state index in [1.54, 1.807) is 0 Å². The molecule has 0 aliphatic carbocycles. The highest BCUT2D eigenvalue weighted by Crippen LogP contribution is 2.20. The van der Waals surface area contributed by atoms with E-state index in [1.165, 1.54) is 12.1 Å². The van der Waals surface area contributed by atoms with Crippen LogP contribution in [0.3, 0.4) is 0 Å².